The average Bonchev–Trinajstić information content (AvgIpc) is 2.74. The highest BCUT2D eigenvalue weighted by molar-refractivity contribution is 6.04. The van der Waals surface area contributed by atoms with Crippen molar-refractivity contribution in [2.45, 2.75) is 0 Å². The minimum Gasteiger partial charge on any atom is -0.497 e. The van der Waals surface area contributed by atoms with Crippen LogP contribution in [-0.4, -0.2) is 13.0 Å². The molecule has 1 amide bonds. The molecular weight excluding hydrogens is 354 g/mol. The maximum atomic E-state index is 12.4. The summed E-state index contributed by atoms with van der Waals surface area (Å²) in [5, 5.41) is 3.69. The molecule has 3 aromatic carbocycles. The summed E-state index contributed by atoms with van der Waals surface area (Å²) in [4.78, 5) is 24.7. The van der Waals surface area contributed by atoms with E-state index in [4.69, 9.17) is 9.15 Å². The quantitative estimate of drug-likeness (QED) is 0.527. The second-order valence-electron chi connectivity index (χ2n) is 6.25. The van der Waals surface area contributed by atoms with Crippen LogP contribution in [0.4, 0.5) is 5.69 Å². The molecule has 0 aliphatic carbocycles. The number of benzene rings is 3. The molecule has 4 rings (SSSR count). The molecular formula is C23H17NO4. The molecule has 138 valence electrons. The molecule has 4 aromatic rings. The number of carbonyl (C=O) groups excluding carboxylic acids is 1. The van der Waals surface area contributed by atoms with Crippen LogP contribution >= 0.6 is 0 Å². The van der Waals surface area contributed by atoms with E-state index in [0.29, 0.717) is 28.1 Å². The Morgan fingerprint density at radius 2 is 1.71 bits per heavy atom. The van der Waals surface area contributed by atoms with Crippen LogP contribution in [0.3, 0.4) is 0 Å². The fourth-order valence-electron chi connectivity index (χ4n) is 2.96. The molecule has 0 aliphatic heterocycles. The van der Waals surface area contributed by atoms with Crippen molar-refractivity contribution in [3.8, 4) is 16.9 Å². The summed E-state index contributed by atoms with van der Waals surface area (Å²) in [6.45, 7) is 0. The molecule has 0 atom stereocenters. The van der Waals surface area contributed by atoms with Gasteiger partial charge in [-0.1, -0.05) is 36.4 Å². The molecule has 1 heterocycles. The third kappa shape index (κ3) is 3.50. The Labute approximate surface area is 161 Å². The van der Waals surface area contributed by atoms with Crippen LogP contribution < -0.4 is 15.7 Å². The Hall–Kier alpha value is -3.86. The van der Waals surface area contributed by atoms with Crippen molar-refractivity contribution in [1.29, 1.82) is 0 Å². The van der Waals surface area contributed by atoms with E-state index in [1.165, 1.54) is 0 Å². The zero-order chi connectivity index (χ0) is 19.5. The monoisotopic (exact) mass is 371 g/mol. The molecule has 0 unspecified atom stereocenters. The molecule has 0 fully saturated rings. The number of hydrogen-bond acceptors (Lipinski definition) is 4. The van der Waals surface area contributed by atoms with Crippen LogP contribution in [0.1, 0.15) is 10.4 Å². The van der Waals surface area contributed by atoms with E-state index in [1.807, 2.05) is 24.3 Å². The summed E-state index contributed by atoms with van der Waals surface area (Å²) >= 11 is 0. The van der Waals surface area contributed by atoms with E-state index < -0.39 is 5.63 Å². The van der Waals surface area contributed by atoms with Gasteiger partial charge in [-0.15, -0.1) is 0 Å². The van der Waals surface area contributed by atoms with Crippen LogP contribution in [0, 0.1) is 0 Å². The largest absolute Gasteiger partial charge is 0.497 e. The number of amides is 1. The van der Waals surface area contributed by atoms with Crippen molar-refractivity contribution < 1.29 is 13.9 Å². The van der Waals surface area contributed by atoms with Gasteiger partial charge in [-0.25, -0.2) is 4.79 Å². The Morgan fingerprint density at radius 1 is 0.929 bits per heavy atom. The highest BCUT2D eigenvalue weighted by Crippen LogP contribution is 2.23. The van der Waals surface area contributed by atoms with E-state index in [1.54, 1.807) is 61.7 Å². The smallest absolute Gasteiger partial charge is 0.344 e. The number of rotatable bonds is 4. The zero-order valence-corrected chi connectivity index (χ0v) is 15.1. The number of hydrogen-bond donors (Lipinski definition) is 1. The van der Waals surface area contributed by atoms with Crippen LogP contribution in [-0.2, 0) is 0 Å². The first-order chi connectivity index (χ1) is 13.6. The van der Waals surface area contributed by atoms with Gasteiger partial charge in [0.1, 0.15) is 11.3 Å². The van der Waals surface area contributed by atoms with Gasteiger partial charge in [0.2, 0.25) is 0 Å². The number of fused-ring (bicyclic) bond motifs is 1. The predicted molar refractivity (Wildman–Crippen MR) is 109 cm³/mol. The van der Waals surface area contributed by atoms with Crippen molar-refractivity contribution in [3.05, 3.63) is 94.8 Å². The molecule has 0 bridgehead atoms. The fourth-order valence-corrected chi connectivity index (χ4v) is 2.96. The molecule has 0 saturated heterocycles. The lowest BCUT2D eigenvalue weighted by molar-refractivity contribution is 0.102. The third-order valence-electron chi connectivity index (χ3n) is 4.43. The molecule has 0 spiro atoms. The summed E-state index contributed by atoms with van der Waals surface area (Å²) in [6.07, 6.45) is 0. The van der Waals surface area contributed by atoms with E-state index in [2.05, 4.69) is 5.32 Å². The number of para-hydroxylation sites is 1. The average molecular weight is 371 g/mol. The number of methoxy groups -OCH3 is 1. The zero-order valence-electron chi connectivity index (χ0n) is 15.1. The van der Waals surface area contributed by atoms with Crippen molar-refractivity contribution >= 4 is 22.6 Å². The summed E-state index contributed by atoms with van der Waals surface area (Å²) in [5.74, 6) is 0.378. The second kappa shape index (κ2) is 7.40. The lowest BCUT2D eigenvalue weighted by Gasteiger charge is -2.08. The SMILES string of the molecule is COc1cccc(C(=O)Nc2ccc(-c3cc4ccccc4oc3=O)cc2)c1. The molecule has 0 saturated carbocycles. The minimum atomic E-state index is -0.396. The van der Waals surface area contributed by atoms with Gasteiger partial charge in [0.05, 0.1) is 12.7 Å². The number of anilines is 1. The minimum absolute atomic E-state index is 0.239. The van der Waals surface area contributed by atoms with Gasteiger partial charge in [-0.2, -0.15) is 0 Å². The predicted octanol–water partition coefficient (Wildman–Crippen LogP) is 4.72. The molecule has 0 aliphatic rings. The van der Waals surface area contributed by atoms with Crippen molar-refractivity contribution in [2.75, 3.05) is 12.4 Å². The third-order valence-corrected chi connectivity index (χ3v) is 4.43. The molecule has 5 heteroatoms. The van der Waals surface area contributed by atoms with Crippen LogP contribution in [0.2, 0.25) is 0 Å². The molecule has 1 N–H and O–H groups in total. The summed E-state index contributed by atoms with van der Waals surface area (Å²) < 4.78 is 10.5. The number of carbonyl (C=O) groups is 1. The topological polar surface area (TPSA) is 68.5 Å². The first-order valence-corrected chi connectivity index (χ1v) is 8.73. The summed E-state index contributed by atoms with van der Waals surface area (Å²) in [6, 6.07) is 23.2. The van der Waals surface area contributed by atoms with Crippen molar-refractivity contribution in [1.82, 2.24) is 0 Å². The van der Waals surface area contributed by atoms with Crippen molar-refractivity contribution in [3.63, 3.8) is 0 Å². The van der Waals surface area contributed by atoms with E-state index >= 15 is 0 Å². The van der Waals surface area contributed by atoms with Gasteiger partial charge in [0.25, 0.3) is 5.91 Å². The number of nitrogens with one attached hydrogen (secondary N) is 1. The van der Waals surface area contributed by atoms with Gasteiger partial charge in [-0.3, -0.25) is 4.79 Å². The lowest BCUT2D eigenvalue weighted by Crippen LogP contribution is -2.11. The van der Waals surface area contributed by atoms with Crippen molar-refractivity contribution in [2.24, 2.45) is 0 Å². The Bertz CT molecular complexity index is 1210. The maximum Gasteiger partial charge on any atom is 0.344 e. The van der Waals surface area contributed by atoms with Gasteiger partial charge in [-0.05, 0) is 48.0 Å². The second-order valence-corrected chi connectivity index (χ2v) is 6.25. The normalized spacial score (nSPS) is 10.6. The first-order valence-electron chi connectivity index (χ1n) is 8.73. The molecule has 28 heavy (non-hydrogen) atoms. The van der Waals surface area contributed by atoms with Gasteiger partial charge >= 0.3 is 5.63 Å². The standard InChI is InChI=1S/C23H17NO4/c1-27-19-7-4-6-17(13-19)22(25)24-18-11-9-15(10-12-18)20-14-16-5-2-3-8-21(16)28-23(20)26/h2-14H,1H3,(H,24,25). The summed E-state index contributed by atoms with van der Waals surface area (Å²) in [5.41, 5.74) is 2.48. The number of ether oxygens (including phenoxy) is 1. The van der Waals surface area contributed by atoms with E-state index in [0.717, 1.165) is 10.9 Å². The Morgan fingerprint density at radius 3 is 2.50 bits per heavy atom. The van der Waals surface area contributed by atoms with Gasteiger partial charge in [0, 0.05) is 16.6 Å². The fraction of sp³-hybridized carbons (Fsp3) is 0.0435. The van der Waals surface area contributed by atoms with Crippen LogP contribution in [0.15, 0.2) is 88.1 Å². The molecule has 1 aromatic heterocycles. The maximum absolute atomic E-state index is 12.4. The highest BCUT2D eigenvalue weighted by Gasteiger charge is 2.10. The molecule has 5 nitrogen and oxygen atoms in total. The van der Waals surface area contributed by atoms with E-state index in [-0.39, 0.29) is 5.91 Å². The van der Waals surface area contributed by atoms with E-state index in [9.17, 15) is 9.59 Å². The Kier molecular flexibility index (Phi) is 4.64. The van der Waals surface area contributed by atoms with Crippen LogP contribution in [0.5, 0.6) is 5.75 Å². The van der Waals surface area contributed by atoms with Crippen LogP contribution in [0.25, 0.3) is 22.1 Å². The van der Waals surface area contributed by atoms with Gasteiger partial charge < -0.3 is 14.5 Å². The lowest BCUT2D eigenvalue weighted by atomic mass is 10.1. The summed E-state index contributed by atoms with van der Waals surface area (Å²) in [7, 11) is 1.55. The highest BCUT2D eigenvalue weighted by atomic mass is 16.5. The molecule has 0 radical (unpaired) electrons. The first kappa shape index (κ1) is 17.5. The Balaban J connectivity index is 1.58. The van der Waals surface area contributed by atoms with Gasteiger partial charge in [0.15, 0.2) is 0 Å².